The molecular formula is C15H20N4O3. The Balaban J connectivity index is 2.03. The molecule has 0 fully saturated rings. The molecule has 2 rings (SSSR count). The smallest absolute Gasteiger partial charge is 0.347 e. The zero-order chi connectivity index (χ0) is 16.3. The van der Waals surface area contributed by atoms with Crippen molar-refractivity contribution in [1.29, 1.82) is 0 Å². The van der Waals surface area contributed by atoms with E-state index in [0.29, 0.717) is 17.9 Å². The molecule has 0 saturated carbocycles. The normalized spacial score (nSPS) is 12.2. The number of aryl methyl sites for hydroxylation is 2. The summed E-state index contributed by atoms with van der Waals surface area (Å²) >= 11 is 0. The van der Waals surface area contributed by atoms with E-state index in [-0.39, 0.29) is 24.1 Å². The SMILES string of the molecule is Cc1cc(C)n(CCC(=O)N(C)C(C)c2ccon2)c(=O)n1. The van der Waals surface area contributed by atoms with E-state index in [4.69, 9.17) is 4.52 Å². The number of nitrogens with zero attached hydrogens (tertiary/aromatic N) is 4. The first-order valence-corrected chi connectivity index (χ1v) is 7.11. The van der Waals surface area contributed by atoms with Crippen LogP contribution in [0.2, 0.25) is 0 Å². The largest absolute Gasteiger partial charge is 0.364 e. The quantitative estimate of drug-likeness (QED) is 0.835. The van der Waals surface area contributed by atoms with Crippen LogP contribution in [0.15, 0.2) is 27.7 Å². The van der Waals surface area contributed by atoms with Crippen LogP contribution in [0.4, 0.5) is 0 Å². The predicted octanol–water partition coefficient (Wildman–Crippen LogP) is 1.46. The molecule has 2 heterocycles. The molecule has 0 saturated heterocycles. The molecule has 0 radical (unpaired) electrons. The summed E-state index contributed by atoms with van der Waals surface area (Å²) in [6.07, 6.45) is 1.70. The fourth-order valence-corrected chi connectivity index (χ4v) is 2.28. The fraction of sp³-hybridized carbons (Fsp3) is 0.467. The second kappa shape index (κ2) is 6.55. The summed E-state index contributed by atoms with van der Waals surface area (Å²) in [5, 5.41) is 3.84. The van der Waals surface area contributed by atoms with Crippen molar-refractivity contribution in [3.63, 3.8) is 0 Å². The van der Waals surface area contributed by atoms with Crippen molar-refractivity contribution in [3.05, 3.63) is 46.0 Å². The summed E-state index contributed by atoms with van der Waals surface area (Å²) in [6, 6.07) is 3.38. The second-order valence-electron chi connectivity index (χ2n) is 5.33. The molecule has 2 aromatic heterocycles. The minimum Gasteiger partial charge on any atom is -0.364 e. The Hall–Kier alpha value is -2.44. The molecule has 22 heavy (non-hydrogen) atoms. The first kappa shape index (κ1) is 15.9. The minimum absolute atomic E-state index is 0.0672. The number of amides is 1. The van der Waals surface area contributed by atoms with E-state index in [9.17, 15) is 9.59 Å². The molecule has 0 spiro atoms. The van der Waals surface area contributed by atoms with Crippen LogP contribution in [0.25, 0.3) is 0 Å². The summed E-state index contributed by atoms with van der Waals surface area (Å²) < 4.78 is 6.31. The third-order valence-corrected chi connectivity index (χ3v) is 3.76. The maximum Gasteiger partial charge on any atom is 0.347 e. The van der Waals surface area contributed by atoms with Gasteiger partial charge in [0, 0.05) is 37.5 Å². The average Bonchev–Trinajstić information content (AvgIpc) is 2.98. The fourth-order valence-electron chi connectivity index (χ4n) is 2.28. The maximum absolute atomic E-state index is 12.3. The summed E-state index contributed by atoms with van der Waals surface area (Å²) in [6.45, 7) is 5.80. The third kappa shape index (κ3) is 3.41. The van der Waals surface area contributed by atoms with E-state index in [1.54, 1.807) is 24.9 Å². The highest BCUT2D eigenvalue weighted by Crippen LogP contribution is 2.17. The highest BCUT2D eigenvalue weighted by atomic mass is 16.5. The highest BCUT2D eigenvalue weighted by molar-refractivity contribution is 5.76. The van der Waals surface area contributed by atoms with Crippen LogP contribution in [0.3, 0.4) is 0 Å². The van der Waals surface area contributed by atoms with Gasteiger partial charge in [0.15, 0.2) is 0 Å². The molecule has 0 aliphatic heterocycles. The molecule has 1 unspecified atom stereocenters. The van der Waals surface area contributed by atoms with Crippen LogP contribution in [0.5, 0.6) is 0 Å². The molecule has 0 N–H and O–H groups in total. The van der Waals surface area contributed by atoms with E-state index in [1.807, 2.05) is 19.9 Å². The Kier molecular flexibility index (Phi) is 4.75. The van der Waals surface area contributed by atoms with Crippen LogP contribution in [-0.4, -0.2) is 32.6 Å². The molecule has 7 heteroatoms. The Morgan fingerprint density at radius 3 is 2.77 bits per heavy atom. The second-order valence-corrected chi connectivity index (χ2v) is 5.33. The Bertz CT molecular complexity index is 706. The lowest BCUT2D eigenvalue weighted by Crippen LogP contribution is -2.32. The first-order valence-electron chi connectivity index (χ1n) is 7.11. The molecule has 0 aliphatic carbocycles. The number of carbonyl (C=O) groups excluding carboxylic acids is 1. The maximum atomic E-state index is 12.3. The summed E-state index contributed by atoms with van der Waals surface area (Å²) in [7, 11) is 1.71. The van der Waals surface area contributed by atoms with Crippen molar-refractivity contribution >= 4 is 5.91 Å². The first-order chi connectivity index (χ1) is 10.4. The Labute approximate surface area is 128 Å². The summed E-state index contributed by atoms with van der Waals surface area (Å²) in [5.41, 5.74) is 1.86. The standard InChI is InChI=1S/C15H20N4O3/c1-10-9-11(2)19(15(21)16-10)7-5-14(20)18(4)12(3)13-6-8-22-17-13/h6,8-9,12H,5,7H2,1-4H3. The van der Waals surface area contributed by atoms with Gasteiger partial charge in [0.25, 0.3) is 0 Å². The van der Waals surface area contributed by atoms with Crippen molar-refractivity contribution < 1.29 is 9.32 Å². The van der Waals surface area contributed by atoms with Gasteiger partial charge in [-0.25, -0.2) is 4.79 Å². The van der Waals surface area contributed by atoms with E-state index in [1.165, 1.54) is 10.8 Å². The van der Waals surface area contributed by atoms with Crippen molar-refractivity contribution in [1.82, 2.24) is 19.6 Å². The van der Waals surface area contributed by atoms with Gasteiger partial charge in [0.05, 0.1) is 6.04 Å². The van der Waals surface area contributed by atoms with Gasteiger partial charge >= 0.3 is 5.69 Å². The number of aromatic nitrogens is 3. The minimum atomic E-state index is -0.322. The van der Waals surface area contributed by atoms with Crippen LogP contribution < -0.4 is 5.69 Å². The topological polar surface area (TPSA) is 81.2 Å². The Morgan fingerprint density at radius 2 is 2.18 bits per heavy atom. The molecular weight excluding hydrogens is 284 g/mol. The Morgan fingerprint density at radius 1 is 1.45 bits per heavy atom. The highest BCUT2D eigenvalue weighted by Gasteiger charge is 2.19. The van der Waals surface area contributed by atoms with E-state index in [2.05, 4.69) is 10.1 Å². The lowest BCUT2D eigenvalue weighted by molar-refractivity contribution is -0.132. The van der Waals surface area contributed by atoms with Crippen molar-refractivity contribution in [2.45, 2.75) is 39.8 Å². The summed E-state index contributed by atoms with van der Waals surface area (Å²) in [4.78, 5) is 29.6. The van der Waals surface area contributed by atoms with Gasteiger partial charge in [0.2, 0.25) is 5.91 Å². The average molecular weight is 304 g/mol. The lowest BCUT2D eigenvalue weighted by atomic mass is 10.2. The van der Waals surface area contributed by atoms with Gasteiger partial charge in [-0.2, -0.15) is 4.98 Å². The molecule has 0 aliphatic rings. The van der Waals surface area contributed by atoms with Crippen LogP contribution in [-0.2, 0) is 11.3 Å². The monoisotopic (exact) mass is 304 g/mol. The third-order valence-electron chi connectivity index (χ3n) is 3.76. The molecule has 1 atom stereocenters. The van der Waals surface area contributed by atoms with Crippen LogP contribution in [0.1, 0.15) is 36.5 Å². The predicted molar refractivity (Wildman–Crippen MR) is 80.3 cm³/mol. The number of rotatable bonds is 5. The lowest BCUT2D eigenvalue weighted by Gasteiger charge is -2.23. The zero-order valence-corrected chi connectivity index (χ0v) is 13.2. The molecule has 2 aromatic rings. The zero-order valence-electron chi connectivity index (χ0n) is 13.2. The van der Waals surface area contributed by atoms with Crippen LogP contribution >= 0.6 is 0 Å². The summed E-state index contributed by atoms with van der Waals surface area (Å²) in [5.74, 6) is -0.0672. The molecule has 0 aromatic carbocycles. The molecule has 118 valence electrons. The number of hydrogen-bond donors (Lipinski definition) is 0. The van der Waals surface area contributed by atoms with E-state index in [0.717, 1.165) is 5.69 Å². The van der Waals surface area contributed by atoms with E-state index < -0.39 is 0 Å². The van der Waals surface area contributed by atoms with Gasteiger partial charge in [0.1, 0.15) is 12.0 Å². The van der Waals surface area contributed by atoms with Gasteiger partial charge in [-0.1, -0.05) is 5.16 Å². The van der Waals surface area contributed by atoms with Gasteiger partial charge in [-0.3, -0.25) is 9.36 Å². The van der Waals surface area contributed by atoms with Gasteiger partial charge < -0.3 is 9.42 Å². The van der Waals surface area contributed by atoms with Crippen molar-refractivity contribution in [3.8, 4) is 0 Å². The number of carbonyl (C=O) groups is 1. The van der Waals surface area contributed by atoms with E-state index >= 15 is 0 Å². The van der Waals surface area contributed by atoms with Gasteiger partial charge in [-0.05, 0) is 26.8 Å². The van der Waals surface area contributed by atoms with Crippen molar-refractivity contribution in [2.75, 3.05) is 7.05 Å². The molecule has 7 nitrogen and oxygen atoms in total. The number of hydrogen-bond acceptors (Lipinski definition) is 5. The molecule has 0 bridgehead atoms. The van der Waals surface area contributed by atoms with Gasteiger partial charge in [-0.15, -0.1) is 0 Å². The van der Waals surface area contributed by atoms with Crippen LogP contribution in [0, 0.1) is 13.8 Å². The molecule has 1 amide bonds. The van der Waals surface area contributed by atoms with Crippen molar-refractivity contribution in [2.24, 2.45) is 0 Å².